The average molecular weight is 274 g/mol. The molecule has 1 N–H and O–H groups in total. The van der Waals surface area contributed by atoms with E-state index in [9.17, 15) is 0 Å². The second-order valence-electron chi connectivity index (χ2n) is 4.76. The molecule has 2 heteroatoms. The van der Waals surface area contributed by atoms with Gasteiger partial charge in [-0.25, -0.2) is 0 Å². The average Bonchev–Trinajstić information content (AvgIpc) is 2.45. The zero-order valence-corrected chi connectivity index (χ0v) is 12.0. The van der Waals surface area contributed by atoms with Gasteiger partial charge in [-0.1, -0.05) is 61.7 Å². The molecule has 0 bridgehead atoms. The van der Waals surface area contributed by atoms with Gasteiger partial charge in [0.05, 0.1) is 6.04 Å². The topological polar surface area (TPSA) is 12.0 Å². The molecule has 0 amide bonds. The summed E-state index contributed by atoms with van der Waals surface area (Å²) in [6.45, 7) is 2.22. The minimum atomic E-state index is 0.347. The number of unbranched alkanes of at least 4 members (excludes halogenated alkanes) is 1. The molecule has 0 radical (unpaired) electrons. The van der Waals surface area contributed by atoms with Crippen LogP contribution in [0.1, 0.15) is 37.8 Å². The van der Waals surface area contributed by atoms with E-state index in [1.165, 1.54) is 24.1 Å². The minimum Gasteiger partial charge on any atom is -0.378 e. The first kappa shape index (κ1) is 14.0. The summed E-state index contributed by atoms with van der Waals surface area (Å²) in [5, 5.41) is 4.40. The Morgan fingerprint density at radius 3 is 2.32 bits per heavy atom. The molecular formula is C17H20ClN. The summed E-state index contributed by atoms with van der Waals surface area (Å²) in [5.41, 5.74) is 2.46. The number of rotatable bonds is 6. The zero-order chi connectivity index (χ0) is 13.5. The highest BCUT2D eigenvalue weighted by molar-refractivity contribution is 6.30. The summed E-state index contributed by atoms with van der Waals surface area (Å²) < 4.78 is 0. The van der Waals surface area contributed by atoms with Crippen LogP contribution < -0.4 is 5.32 Å². The summed E-state index contributed by atoms with van der Waals surface area (Å²) >= 11 is 5.96. The Bertz CT molecular complexity index is 478. The van der Waals surface area contributed by atoms with Gasteiger partial charge in [0.1, 0.15) is 0 Å². The molecule has 100 valence electrons. The maximum absolute atomic E-state index is 5.96. The van der Waals surface area contributed by atoms with Crippen molar-refractivity contribution in [3.05, 3.63) is 65.2 Å². The molecule has 0 aromatic heterocycles. The van der Waals surface area contributed by atoms with Crippen LogP contribution in [-0.4, -0.2) is 0 Å². The second kappa shape index (κ2) is 7.20. The van der Waals surface area contributed by atoms with Crippen molar-refractivity contribution in [2.75, 3.05) is 5.32 Å². The number of anilines is 1. The van der Waals surface area contributed by atoms with Gasteiger partial charge in [-0.3, -0.25) is 0 Å². The molecule has 1 nitrogen and oxygen atoms in total. The van der Waals surface area contributed by atoms with E-state index in [2.05, 4.69) is 48.6 Å². The lowest BCUT2D eigenvalue weighted by atomic mass is 10.0. The Hall–Kier alpha value is -1.47. The molecule has 2 aromatic rings. The van der Waals surface area contributed by atoms with Gasteiger partial charge in [-0.15, -0.1) is 0 Å². The number of halogens is 1. The summed E-state index contributed by atoms with van der Waals surface area (Å²) in [6.07, 6.45) is 3.56. The highest BCUT2D eigenvalue weighted by Gasteiger charge is 2.10. The molecule has 0 spiro atoms. The first-order valence-electron chi connectivity index (χ1n) is 6.86. The minimum absolute atomic E-state index is 0.347. The number of benzene rings is 2. The summed E-state index contributed by atoms with van der Waals surface area (Å²) in [7, 11) is 0. The molecule has 1 unspecified atom stereocenters. The lowest BCUT2D eigenvalue weighted by molar-refractivity contribution is 0.634. The largest absolute Gasteiger partial charge is 0.378 e. The molecule has 0 aliphatic rings. The van der Waals surface area contributed by atoms with Crippen LogP contribution in [0.15, 0.2) is 54.6 Å². The third-order valence-corrected chi connectivity index (χ3v) is 3.49. The van der Waals surface area contributed by atoms with E-state index in [1.807, 2.05) is 18.2 Å². The lowest BCUT2D eigenvalue weighted by Crippen LogP contribution is -2.10. The maximum atomic E-state index is 5.96. The highest BCUT2D eigenvalue weighted by atomic mass is 35.5. The predicted molar refractivity (Wildman–Crippen MR) is 83.8 cm³/mol. The van der Waals surface area contributed by atoms with Crippen LogP contribution in [0.25, 0.3) is 0 Å². The fourth-order valence-electron chi connectivity index (χ4n) is 2.16. The van der Waals surface area contributed by atoms with Crippen LogP contribution in [0.2, 0.25) is 5.02 Å². The number of nitrogens with one attached hydrogen (secondary N) is 1. The third kappa shape index (κ3) is 4.29. The molecule has 2 aromatic carbocycles. The Balaban J connectivity index is 2.13. The van der Waals surface area contributed by atoms with E-state index in [4.69, 9.17) is 11.6 Å². The normalized spacial score (nSPS) is 12.1. The first-order chi connectivity index (χ1) is 9.29. The van der Waals surface area contributed by atoms with E-state index in [-0.39, 0.29) is 0 Å². The molecular weight excluding hydrogens is 254 g/mol. The van der Waals surface area contributed by atoms with Gasteiger partial charge in [0.15, 0.2) is 0 Å². The summed E-state index contributed by atoms with van der Waals surface area (Å²) in [4.78, 5) is 0. The van der Waals surface area contributed by atoms with Crippen LogP contribution in [0.3, 0.4) is 0 Å². The Morgan fingerprint density at radius 1 is 1.00 bits per heavy atom. The second-order valence-corrected chi connectivity index (χ2v) is 5.19. The Morgan fingerprint density at radius 2 is 1.68 bits per heavy atom. The van der Waals surface area contributed by atoms with Crippen molar-refractivity contribution in [1.29, 1.82) is 0 Å². The van der Waals surface area contributed by atoms with Crippen molar-refractivity contribution < 1.29 is 0 Å². The highest BCUT2D eigenvalue weighted by Crippen LogP contribution is 2.25. The fourth-order valence-corrected chi connectivity index (χ4v) is 2.29. The molecule has 0 aliphatic heterocycles. The summed E-state index contributed by atoms with van der Waals surface area (Å²) in [6, 6.07) is 18.8. The monoisotopic (exact) mass is 273 g/mol. The quantitative estimate of drug-likeness (QED) is 0.713. The van der Waals surface area contributed by atoms with Crippen LogP contribution >= 0.6 is 11.6 Å². The van der Waals surface area contributed by atoms with Crippen molar-refractivity contribution >= 4 is 17.3 Å². The van der Waals surface area contributed by atoms with Gasteiger partial charge in [0.2, 0.25) is 0 Å². The molecule has 0 saturated heterocycles. The predicted octanol–water partition coefficient (Wildman–Crippen LogP) is 5.68. The smallest absolute Gasteiger partial charge is 0.0513 e. The number of hydrogen-bond donors (Lipinski definition) is 1. The van der Waals surface area contributed by atoms with Gasteiger partial charge in [-0.2, -0.15) is 0 Å². The van der Waals surface area contributed by atoms with Crippen molar-refractivity contribution in [3.63, 3.8) is 0 Å². The molecule has 0 fully saturated rings. The SMILES string of the molecule is CCCCC(Nc1ccccc1)c1ccc(Cl)cc1. The van der Waals surface area contributed by atoms with Gasteiger partial charge in [0, 0.05) is 10.7 Å². The van der Waals surface area contributed by atoms with E-state index in [0.29, 0.717) is 6.04 Å². The summed E-state index contributed by atoms with van der Waals surface area (Å²) in [5.74, 6) is 0. The van der Waals surface area contributed by atoms with Gasteiger partial charge >= 0.3 is 0 Å². The molecule has 2 rings (SSSR count). The van der Waals surface area contributed by atoms with Gasteiger partial charge in [0.25, 0.3) is 0 Å². The zero-order valence-electron chi connectivity index (χ0n) is 11.3. The van der Waals surface area contributed by atoms with E-state index in [1.54, 1.807) is 0 Å². The Kier molecular flexibility index (Phi) is 5.29. The third-order valence-electron chi connectivity index (χ3n) is 3.23. The van der Waals surface area contributed by atoms with Gasteiger partial charge in [-0.05, 0) is 36.2 Å². The Labute approximate surface area is 120 Å². The van der Waals surface area contributed by atoms with E-state index < -0.39 is 0 Å². The van der Waals surface area contributed by atoms with Crippen LogP contribution in [0.5, 0.6) is 0 Å². The van der Waals surface area contributed by atoms with Crippen LogP contribution in [-0.2, 0) is 0 Å². The van der Waals surface area contributed by atoms with Crippen LogP contribution in [0.4, 0.5) is 5.69 Å². The molecule has 0 heterocycles. The van der Waals surface area contributed by atoms with Crippen molar-refractivity contribution in [3.8, 4) is 0 Å². The first-order valence-corrected chi connectivity index (χ1v) is 7.24. The van der Waals surface area contributed by atoms with Crippen molar-refractivity contribution in [2.24, 2.45) is 0 Å². The standard InChI is InChI=1S/C17H20ClN/c1-2-3-9-17(14-10-12-15(18)13-11-14)19-16-7-5-4-6-8-16/h4-8,10-13,17,19H,2-3,9H2,1H3. The molecule has 19 heavy (non-hydrogen) atoms. The molecule has 0 saturated carbocycles. The van der Waals surface area contributed by atoms with Crippen LogP contribution in [0, 0.1) is 0 Å². The number of para-hydroxylation sites is 1. The fraction of sp³-hybridized carbons (Fsp3) is 0.294. The van der Waals surface area contributed by atoms with Gasteiger partial charge < -0.3 is 5.32 Å². The molecule has 0 aliphatic carbocycles. The van der Waals surface area contributed by atoms with Crippen molar-refractivity contribution in [2.45, 2.75) is 32.2 Å². The van der Waals surface area contributed by atoms with E-state index in [0.717, 1.165) is 11.4 Å². The molecule has 1 atom stereocenters. The lowest BCUT2D eigenvalue weighted by Gasteiger charge is -2.20. The number of hydrogen-bond acceptors (Lipinski definition) is 1. The maximum Gasteiger partial charge on any atom is 0.0513 e. The van der Waals surface area contributed by atoms with E-state index >= 15 is 0 Å². The van der Waals surface area contributed by atoms with Crippen molar-refractivity contribution in [1.82, 2.24) is 0 Å².